The van der Waals surface area contributed by atoms with E-state index in [1.807, 2.05) is 6.08 Å². The molecule has 9 heavy (non-hydrogen) atoms. The van der Waals surface area contributed by atoms with Gasteiger partial charge in [-0.2, -0.15) is 4.99 Å². The van der Waals surface area contributed by atoms with Crippen LogP contribution in [-0.4, -0.2) is 11.8 Å². The van der Waals surface area contributed by atoms with Crippen LogP contribution in [0.4, 0.5) is 0 Å². The average molecular weight is 125 g/mol. The molecule has 1 rings (SSSR count). The molecule has 0 aromatic heterocycles. The highest BCUT2D eigenvalue weighted by atomic mass is 16.5. The van der Waals surface area contributed by atoms with Gasteiger partial charge in [-0.05, 0) is 13.0 Å². The fourth-order valence-electron chi connectivity index (χ4n) is 0.678. The summed E-state index contributed by atoms with van der Waals surface area (Å²) in [6.45, 7) is 1.73. The Kier molecular flexibility index (Phi) is 1.37. The Labute approximate surface area is 53.0 Å². The van der Waals surface area contributed by atoms with Crippen LogP contribution in [0.25, 0.3) is 0 Å². The molecular formula is C6H7NO2. The van der Waals surface area contributed by atoms with Crippen molar-refractivity contribution in [1.29, 1.82) is 0 Å². The van der Waals surface area contributed by atoms with Gasteiger partial charge in [0.05, 0.1) is 6.26 Å². The molecule has 0 N–H and O–H groups in total. The number of isocyanates is 1. The lowest BCUT2D eigenvalue weighted by Gasteiger charge is -2.14. The van der Waals surface area contributed by atoms with E-state index in [4.69, 9.17) is 4.74 Å². The molecule has 0 radical (unpaired) electrons. The van der Waals surface area contributed by atoms with Gasteiger partial charge in [0.1, 0.15) is 0 Å². The van der Waals surface area contributed by atoms with Gasteiger partial charge in [0, 0.05) is 6.42 Å². The van der Waals surface area contributed by atoms with E-state index in [0.29, 0.717) is 6.42 Å². The Hall–Kier alpha value is -1.08. The monoisotopic (exact) mass is 125 g/mol. The van der Waals surface area contributed by atoms with Gasteiger partial charge < -0.3 is 4.74 Å². The Bertz CT molecular complexity index is 171. The van der Waals surface area contributed by atoms with Gasteiger partial charge in [-0.1, -0.05) is 0 Å². The van der Waals surface area contributed by atoms with Crippen LogP contribution in [0.2, 0.25) is 0 Å². The molecule has 3 nitrogen and oxygen atoms in total. The third kappa shape index (κ3) is 1.18. The SMILES string of the molecule is CC1(N=C=O)CC=CO1. The minimum absolute atomic E-state index is 0.655. The van der Waals surface area contributed by atoms with Crippen LogP contribution in [-0.2, 0) is 9.53 Å². The summed E-state index contributed by atoms with van der Waals surface area (Å²) in [5.74, 6) is 0. The van der Waals surface area contributed by atoms with Crippen molar-refractivity contribution in [3.05, 3.63) is 12.3 Å². The van der Waals surface area contributed by atoms with Crippen molar-refractivity contribution in [3.8, 4) is 0 Å². The van der Waals surface area contributed by atoms with Crippen molar-refractivity contribution >= 4 is 6.08 Å². The topological polar surface area (TPSA) is 38.7 Å². The summed E-state index contributed by atoms with van der Waals surface area (Å²) in [4.78, 5) is 13.2. The molecule has 1 unspecified atom stereocenters. The summed E-state index contributed by atoms with van der Waals surface area (Å²) in [6.07, 6.45) is 5.48. The third-order valence-electron chi connectivity index (χ3n) is 1.20. The van der Waals surface area contributed by atoms with Crippen molar-refractivity contribution in [2.24, 2.45) is 4.99 Å². The molecular weight excluding hydrogens is 118 g/mol. The maximum Gasteiger partial charge on any atom is 0.238 e. The van der Waals surface area contributed by atoms with Gasteiger partial charge in [-0.25, -0.2) is 4.79 Å². The molecule has 0 saturated heterocycles. The standard InChI is InChI=1S/C6H7NO2/c1-6(7-5-8)3-2-4-9-6/h2,4H,3H2,1H3. The van der Waals surface area contributed by atoms with Gasteiger partial charge in [0.2, 0.25) is 11.8 Å². The Balaban J connectivity index is 2.65. The molecule has 0 fully saturated rings. The summed E-state index contributed by atoms with van der Waals surface area (Å²) in [5.41, 5.74) is -0.665. The number of ether oxygens (including phenoxy) is 1. The Morgan fingerprint density at radius 3 is 3.11 bits per heavy atom. The van der Waals surface area contributed by atoms with Crippen molar-refractivity contribution in [2.45, 2.75) is 19.1 Å². The lowest BCUT2D eigenvalue weighted by molar-refractivity contribution is 0.0729. The van der Waals surface area contributed by atoms with Crippen molar-refractivity contribution < 1.29 is 9.53 Å². The summed E-state index contributed by atoms with van der Waals surface area (Å²) in [6, 6.07) is 0. The molecule has 1 heterocycles. The minimum Gasteiger partial charge on any atom is -0.473 e. The molecule has 0 amide bonds. The third-order valence-corrected chi connectivity index (χ3v) is 1.20. The largest absolute Gasteiger partial charge is 0.473 e. The van der Waals surface area contributed by atoms with Crippen LogP contribution >= 0.6 is 0 Å². The molecule has 0 bridgehead atoms. The highest BCUT2D eigenvalue weighted by Crippen LogP contribution is 2.22. The van der Waals surface area contributed by atoms with Crippen LogP contribution in [0.1, 0.15) is 13.3 Å². The molecule has 0 saturated carbocycles. The number of hydrogen-bond donors (Lipinski definition) is 0. The quantitative estimate of drug-likeness (QED) is 0.387. The van der Waals surface area contributed by atoms with E-state index >= 15 is 0 Å². The van der Waals surface area contributed by atoms with Crippen LogP contribution in [0, 0.1) is 0 Å². The zero-order valence-electron chi connectivity index (χ0n) is 5.13. The van der Waals surface area contributed by atoms with Crippen LogP contribution < -0.4 is 0 Å². The van der Waals surface area contributed by atoms with E-state index in [1.165, 1.54) is 6.08 Å². The van der Waals surface area contributed by atoms with Gasteiger partial charge in [0.15, 0.2) is 0 Å². The number of rotatable bonds is 1. The highest BCUT2D eigenvalue weighted by molar-refractivity contribution is 5.34. The van der Waals surface area contributed by atoms with E-state index < -0.39 is 5.72 Å². The van der Waals surface area contributed by atoms with Crippen molar-refractivity contribution in [3.63, 3.8) is 0 Å². The zero-order valence-corrected chi connectivity index (χ0v) is 5.13. The maximum atomic E-state index is 9.77. The second-order valence-electron chi connectivity index (χ2n) is 2.07. The minimum atomic E-state index is -0.665. The first kappa shape index (κ1) is 6.05. The van der Waals surface area contributed by atoms with Gasteiger partial charge in [0.25, 0.3) is 0 Å². The second-order valence-corrected chi connectivity index (χ2v) is 2.07. The molecule has 3 heteroatoms. The van der Waals surface area contributed by atoms with Crippen molar-refractivity contribution in [1.82, 2.24) is 0 Å². The first-order valence-corrected chi connectivity index (χ1v) is 2.69. The van der Waals surface area contributed by atoms with Crippen molar-refractivity contribution in [2.75, 3.05) is 0 Å². The van der Waals surface area contributed by atoms with Gasteiger partial charge in [-0.3, -0.25) is 0 Å². The molecule has 0 aliphatic carbocycles. The fraction of sp³-hybridized carbons (Fsp3) is 0.500. The zero-order chi connectivity index (χ0) is 6.74. The molecule has 1 aliphatic rings. The number of hydrogen-bond acceptors (Lipinski definition) is 3. The predicted octanol–water partition coefficient (Wildman–Crippen LogP) is 0.972. The maximum absolute atomic E-state index is 9.77. The lowest BCUT2D eigenvalue weighted by atomic mass is 10.2. The molecule has 0 aromatic carbocycles. The van der Waals surface area contributed by atoms with E-state index in [1.54, 1.807) is 13.2 Å². The molecule has 0 aromatic rings. The molecule has 1 atom stereocenters. The Morgan fingerprint density at radius 1 is 1.89 bits per heavy atom. The number of aliphatic imine (C=N–C) groups is 1. The van der Waals surface area contributed by atoms with Crippen LogP contribution in [0.3, 0.4) is 0 Å². The normalized spacial score (nSPS) is 31.2. The van der Waals surface area contributed by atoms with E-state index in [-0.39, 0.29) is 0 Å². The summed E-state index contributed by atoms with van der Waals surface area (Å²) in [7, 11) is 0. The Morgan fingerprint density at radius 2 is 2.67 bits per heavy atom. The first-order valence-electron chi connectivity index (χ1n) is 2.69. The summed E-state index contributed by atoms with van der Waals surface area (Å²) < 4.78 is 4.97. The average Bonchev–Trinajstić information content (AvgIpc) is 2.16. The molecule has 48 valence electrons. The lowest BCUT2D eigenvalue weighted by Crippen LogP contribution is -2.18. The fourth-order valence-corrected chi connectivity index (χ4v) is 0.678. The number of carbonyl (C=O) groups excluding carboxylic acids is 1. The molecule has 1 aliphatic heterocycles. The summed E-state index contributed by atoms with van der Waals surface area (Å²) in [5, 5.41) is 0. The van der Waals surface area contributed by atoms with Gasteiger partial charge in [-0.15, -0.1) is 0 Å². The van der Waals surface area contributed by atoms with Crippen LogP contribution in [0.5, 0.6) is 0 Å². The molecule has 0 spiro atoms. The van der Waals surface area contributed by atoms with Crippen LogP contribution in [0.15, 0.2) is 17.3 Å². The number of nitrogens with zero attached hydrogens (tertiary/aromatic N) is 1. The second kappa shape index (κ2) is 2.03. The van der Waals surface area contributed by atoms with E-state index in [9.17, 15) is 4.79 Å². The first-order chi connectivity index (χ1) is 4.27. The highest BCUT2D eigenvalue weighted by Gasteiger charge is 2.25. The van der Waals surface area contributed by atoms with E-state index in [0.717, 1.165) is 0 Å². The van der Waals surface area contributed by atoms with Gasteiger partial charge >= 0.3 is 0 Å². The predicted molar refractivity (Wildman–Crippen MR) is 31.4 cm³/mol. The summed E-state index contributed by atoms with van der Waals surface area (Å²) >= 11 is 0. The van der Waals surface area contributed by atoms with E-state index in [2.05, 4.69) is 4.99 Å². The smallest absolute Gasteiger partial charge is 0.238 e.